The minimum Gasteiger partial charge on any atom is -0.394 e. The van der Waals surface area contributed by atoms with Crippen molar-refractivity contribution >= 4 is 5.91 Å². The van der Waals surface area contributed by atoms with Gasteiger partial charge in [0.15, 0.2) is 0 Å². The monoisotopic (exact) mass is 259 g/mol. The summed E-state index contributed by atoms with van der Waals surface area (Å²) in [5.41, 5.74) is 2.17. The average molecular weight is 259 g/mol. The molecule has 1 atom stereocenters. The molecule has 0 saturated heterocycles. The van der Waals surface area contributed by atoms with E-state index < -0.39 is 0 Å². The van der Waals surface area contributed by atoms with Gasteiger partial charge in [-0.3, -0.25) is 4.79 Å². The van der Waals surface area contributed by atoms with Gasteiger partial charge in [-0.25, -0.2) is 0 Å². The highest BCUT2D eigenvalue weighted by Crippen LogP contribution is 2.20. The molecule has 0 saturated carbocycles. The molecule has 0 fully saturated rings. The van der Waals surface area contributed by atoms with Gasteiger partial charge >= 0.3 is 0 Å². The first-order valence-corrected chi connectivity index (χ1v) is 6.92. The fourth-order valence-corrected chi connectivity index (χ4v) is 2.44. The van der Waals surface area contributed by atoms with E-state index in [1.54, 1.807) is 0 Å². The predicted octanol–water partition coefficient (Wildman–Crippen LogP) is 2.73. The molecule has 1 aromatic rings. The Morgan fingerprint density at radius 1 is 1.26 bits per heavy atom. The van der Waals surface area contributed by atoms with Gasteiger partial charge in [-0.2, -0.15) is 0 Å². The Morgan fingerprint density at radius 3 is 2.68 bits per heavy atom. The second-order valence-electron chi connectivity index (χ2n) is 5.00. The van der Waals surface area contributed by atoms with Crippen molar-refractivity contribution in [3.63, 3.8) is 0 Å². The second kappa shape index (κ2) is 7.10. The number of hydrogen-bond donors (Lipinski definition) is 2. The number of nitrogens with one attached hydrogen (secondary N) is 1. The quantitative estimate of drug-likeness (QED) is 0.799. The minimum atomic E-state index is -0.308. The number of allylic oxidation sites excluding steroid dienone is 1. The fourth-order valence-electron chi connectivity index (χ4n) is 2.44. The van der Waals surface area contributed by atoms with E-state index in [4.69, 9.17) is 0 Å². The Hall–Kier alpha value is -1.61. The number of benzene rings is 1. The molecule has 0 bridgehead atoms. The number of carbonyl (C=O) groups excluding carboxylic acids is 1. The molecule has 19 heavy (non-hydrogen) atoms. The maximum Gasteiger partial charge on any atom is 0.224 e. The average Bonchev–Trinajstić information content (AvgIpc) is 2.47. The van der Waals surface area contributed by atoms with Crippen LogP contribution in [0.1, 0.15) is 43.7 Å². The number of aliphatic hydroxyl groups is 1. The molecule has 0 unspecified atom stereocenters. The highest BCUT2D eigenvalue weighted by molar-refractivity contribution is 5.79. The predicted molar refractivity (Wildman–Crippen MR) is 75.6 cm³/mol. The number of amides is 1. The van der Waals surface area contributed by atoms with Gasteiger partial charge in [0.05, 0.1) is 12.6 Å². The molecule has 102 valence electrons. The third-order valence-electron chi connectivity index (χ3n) is 3.49. The maximum absolute atomic E-state index is 12.0. The number of aliphatic hydroxyl groups excluding tert-OH is 1. The van der Waals surface area contributed by atoms with Crippen molar-refractivity contribution in [2.75, 3.05) is 6.61 Å². The van der Waals surface area contributed by atoms with Crippen molar-refractivity contribution in [2.24, 2.45) is 0 Å². The first kappa shape index (κ1) is 13.8. The zero-order valence-corrected chi connectivity index (χ0v) is 11.1. The van der Waals surface area contributed by atoms with Crippen molar-refractivity contribution in [3.8, 4) is 0 Å². The number of hydrogen-bond acceptors (Lipinski definition) is 2. The van der Waals surface area contributed by atoms with Crippen LogP contribution in [-0.4, -0.2) is 17.6 Å². The van der Waals surface area contributed by atoms with Crippen LogP contribution in [-0.2, 0) is 4.79 Å². The Balaban J connectivity index is 1.91. The van der Waals surface area contributed by atoms with Gasteiger partial charge in [0, 0.05) is 6.42 Å². The molecular formula is C16H21NO2. The second-order valence-corrected chi connectivity index (χ2v) is 5.00. The van der Waals surface area contributed by atoms with E-state index in [1.807, 2.05) is 30.3 Å². The van der Waals surface area contributed by atoms with Crippen molar-refractivity contribution < 1.29 is 9.90 Å². The zero-order valence-electron chi connectivity index (χ0n) is 11.1. The molecule has 1 amide bonds. The van der Waals surface area contributed by atoms with Crippen LogP contribution in [0.5, 0.6) is 0 Å². The number of carbonyl (C=O) groups is 1. The van der Waals surface area contributed by atoms with Crippen LogP contribution in [0.4, 0.5) is 0 Å². The molecule has 3 heteroatoms. The Labute approximate surface area is 114 Å². The summed E-state index contributed by atoms with van der Waals surface area (Å²) in [5, 5.41) is 12.3. The zero-order chi connectivity index (χ0) is 13.5. The standard InChI is InChI=1S/C16H21NO2/c18-12-15(14-9-5-2-6-10-14)17-16(19)11-13-7-3-1-4-8-13/h2,5-7,9-10,15,18H,1,3-4,8,11-12H2,(H,17,19)/t15-/m1/s1. The van der Waals surface area contributed by atoms with Crippen molar-refractivity contribution in [1.29, 1.82) is 0 Å². The largest absolute Gasteiger partial charge is 0.394 e. The normalized spacial score (nSPS) is 16.6. The van der Waals surface area contributed by atoms with Gasteiger partial charge in [0.2, 0.25) is 5.91 Å². The smallest absolute Gasteiger partial charge is 0.224 e. The molecular weight excluding hydrogens is 238 g/mol. The summed E-state index contributed by atoms with van der Waals surface area (Å²) in [4.78, 5) is 12.0. The molecule has 1 aliphatic carbocycles. The van der Waals surface area contributed by atoms with E-state index in [0.717, 1.165) is 18.4 Å². The highest BCUT2D eigenvalue weighted by Gasteiger charge is 2.15. The van der Waals surface area contributed by atoms with E-state index in [-0.39, 0.29) is 18.6 Å². The first-order chi connectivity index (χ1) is 9.29. The molecule has 1 aliphatic rings. The lowest BCUT2D eigenvalue weighted by molar-refractivity contribution is -0.121. The highest BCUT2D eigenvalue weighted by atomic mass is 16.3. The summed E-state index contributed by atoms with van der Waals surface area (Å²) in [5.74, 6) is -0.00365. The molecule has 2 rings (SSSR count). The molecule has 1 aromatic carbocycles. The van der Waals surface area contributed by atoms with E-state index in [9.17, 15) is 9.90 Å². The third-order valence-corrected chi connectivity index (χ3v) is 3.49. The molecule has 2 N–H and O–H groups in total. The van der Waals surface area contributed by atoms with Gasteiger partial charge in [0.25, 0.3) is 0 Å². The molecule has 0 aliphatic heterocycles. The van der Waals surface area contributed by atoms with Crippen LogP contribution >= 0.6 is 0 Å². The lowest BCUT2D eigenvalue weighted by Gasteiger charge is -2.18. The van der Waals surface area contributed by atoms with Crippen molar-refractivity contribution in [2.45, 2.75) is 38.1 Å². The summed E-state index contributed by atoms with van der Waals surface area (Å²) < 4.78 is 0. The Kier molecular flexibility index (Phi) is 5.16. The van der Waals surface area contributed by atoms with Crippen LogP contribution in [0.25, 0.3) is 0 Å². The topological polar surface area (TPSA) is 49.3 Å². The van der Waals surface area contributed by atoms with Crippen LogP contribution in [0.2, 0.25) is 0 Å². The summed E-state index contributed by atoms with van der Waals surface area (Å²) >= 11 is 0. The minimum absolute atomic E-state index is 0.00365. The SMILES string of the molecule is O=C(CC1=CCCCC1)N[C@H](CO)c1ccccc1. The van der Waals surface area contributed by atoms with Crippen LogP contribution in [0.3, 0.4) is 0 Å². The fraction of sp³-hybridized carbons (Fsp3) is 0.438. The van der Waals surface area contributed by atoms with E-state index in [0.29, 0.717) is 6.42 Å². The number of rotatable bonds is 5. The van der Waals surface area contributed by atoms with Gasteiger partial charge in [0.1, 0.15) is 0 Å². The van der Waals surface area contributed by atoms with Gasteiger partial charge < -0.3 is 10.4 Å². The van der Waals surface area contributed by atoms with Gasteiger partial charge in [-0.05, 0) is 31.2 Å². The maximum atomic E-state index is 12.0. The molecule has 0 heterocycles. The van der Waals surface area contributed by atoms with Crippen molar-refractivity contribution in [1.82, 2.24) is 5.32 Å². The van der Waals surface area contributed by atoms with Gasteiger partial charge in [-0.15, -0.1) is 0 Å². The molecule has 3 nitrogen and oxygen atoms in total. The van der Waals surface area contributed by atoms with Gasteiger partial charge in [-0.1, -0.05) is 42.0 Å². The van der Waals surface area contributed by atoms with Crippen LogP contribution < -0.4 is 5.32 Å². The Morgan fingerprint density at radius 2 is 2.05 bits per heavy atom. The lowest BCUT2D eigenvalue weighted by Crippen LogP contribution is -2.31. The summed E-state index contributed by atoms with van der Waals surface area (Å²) in [6.07, 6.45) is 7.17. The van der Waals surface area contributed by atoms with Crippen LogP contribution in [0, 0.1) is 0 Å². The molecule has 0 aromatic heterocycles. The van der Waals surface area contributed by atoms with E-state index in [2.05, 4.69) is 11.4 Å². The van der Waals surface area contributed by atoms with E-state index >= 15 is 0 Å². The molecule has 0 radical (unpaired) electrons. The van der Waals surface area contributed by atoms with Crippen LogP contribution in [0.15, 0.2) is 42.0 Å². The van der Waals surface area contributed by atoms with Crippen molar-refractivity contribution in [3.05, 3.63) is 47.5 Å². The lowest BCUT2D eigenvalue weighted by atomic mass is 9.97. The third kappa shape index (κ3) is 4.21. The Bertz CT molecular complexity index is 439. The molecule has 0 spiro atoms. The summed E-state index contributed by atoms with van der Waals surface area (Å²) in [6.45, 7) is -0.0746. The summed E-state index contributed by atoms with van der Waals surface area (Å²) in [7, 11) is 0. The van der Waals surface area contributed by atoms with E-state index in [1.165, 1.54) is 18.4 Å². The first-order valence-electron chi connectivity index (χ1n) is 6.92. The summed E-state index contributed by atoms with van der Waals surface area (Å²) in [6, 6.07) is 9.27.